The molecule has 1 aromatic heterocycles. The second-order valence-electron chi connectivity index (χ2n) is 3.58. The van der Waals surface area contributed by atoms with Gasteiger partial charge in [-0.1, -0.05) is 6.07 Å². The molecule has 1 amide bonds. The lowest BCUT2D eigenvalue weighted by molar-refractivity contribution is 0.0940. The van der Waals surface area contributed by atoms with E-state index in [0.717, 1.165) is 8.58 Å². The lowest BCUT2D eigenvalue weighted by Crippen LogP contribution is -2.26. The highest BCUT2D eigenvalue weighted by atomic mass is 127. The van der Waals surface area contributed by atoms with Crippen LogP contribution in [0.2, 0.25) is 0 Å². The van der Waals surface area contributed by atoms with Gasteiger partial charge in [-0.2, -0.15) is 0 Å². The highest BCUT2D eigenvalue weighted by Crippen LogP contribution is 2.16. The number of hydrogen-bond donors (Lipinski definition) is 1. The van der Waals surface area contributed by atoms with Gasteiger partial charge in [0.1, 0.15) is 5.01 Å². The molecule has 2 aromatic rings. The van der Waals surface area contributed by atoms with Gasteiger partial charge in [0.15, 0.2) is 0 Å². The van der Waals surface area contributed by atoms with Crippen LogP contribution in [0.1, 0.15) is 28.3 Å². The molecule has 0 saturated heterocycles. The van der Waals surface area contributed by atoms with Gasteiger partial charge < -0.3 is 5.32 Å². The maximum absolute atomic E-state index is 12.0. The van der Waals surface area contributed by atoms with Crippen molar-refractivity contribution >= 4 is 39.8 Å². The molecule has 2 rings (SSSR count). The Hall–Kier alpha value is -0.950. The van der Waals surface area contributed by atoms with Crippen molar-refractivity contribution in [2.45, 2.75) is 13.0 Å². The van der Waals surface area contributed by atoms with E-state index in [2.05, 4.69) is 32.9 Å². The number of nitrogens with zero attached hydrogens (tertiary/aromatic N) is 1. The molecule has 0 saturated carbocycles. The first-order valence-electron chi connectivity index (χ1n) is 5.12. The molecule has 1 unspecified atom stereocenters. The third kappa shape index (κ3) is 3.26. The SMILES string of the molecule is CC(NC(=O)c1cccc(I)c1)c1nccs1. The Kier molecular flexibility index (Phi) is 4.11. The largest absolute Gasteiger partial charge is 0.343 e. The molecule has 0 aliphatic heterocycles. The smallest absolute Gasteiger partial charge is 0.251 e. The van der Waals surface area contributed by atoms with Crippen LogP contribution in [0.15, 0.2) is 35.8 Å². The lowest BCUT2D eigenvalue weighted by atomic mass is 10.2. The third-order valence-electron chi connectivity index (χ3n) is 2.26. The van der Waals surface area contributed by atoms with Crippen molar-refractivity contribution in [1.29, 1.82) is 0 Å². The average Bonchev–Trinajstić information content (AvgIpc) is 2.82. The Morgan fingerprint density at radius 1 is 1.53 bits per heavy atom. The van der Waals surface area contributed by atoms with E-state index in [-0.39, 0.29) is 11.9 Å². The van der Waals surface area contributed by atoms with Crippen molar-refractivity contribution in [3.63, 3.8) is 0 Å². The number of rotatable bonds is 3. The van der Waals surface area contributed by atoms with Gasteiger partial charge in [-0.15, -0.1) is 11.3 Å². The minimum atomic E-state index is -0.0637. The Balaban J connectivity index is 2.07. The van der Waals surface area contributed by atoms with Gasteiger partial charge in [-0.3, -0.25) is 4.79 Å². The van der Waals surface area contributed by atoms with E-state index in [1.165, 1.54) is 0 Å². The maximum atomic E-state index is 12.0. The Bertz CT molecular complexity index is 513. The first kappa shape index (κ1) is 12.5. The van der Waals surface area contributed by atoms with E-state index in [1.807, 2.05) is 36.6 Å². The van der Waals surface area contributed by atoms with Gasteiger partial charge in [0.2, 0.25) is 0 Å². The normalized spacial score (nSPS) is 12.1. The summed E-state index contributed by atoms with van der Waals surface area (Å²) >= 11 is 3.74. The first-order chi connectivity index (χ1) is 8.16. The number of halogens is 1. The predicted molar refractivity (Wildman–Crippen MR) is 77.2 cm³/mol. The summed E-state index contributed by atoms with van der Waals surface area (Å²) in [6.45, 7) is 1.94. The topological polar surface area (TPSA) is 42.0 Å². The van der Waals surface area contributed by atoms with Crippen molar-refractivity contribution in [1.82, 2.24) is 10.3 Å². The highest BCUT2D eigenvalue weighted by molar-refractivity contribution is 14.1. The number of hydrogen-bond acceptors (Lipinski definition) is 3. The number of aromatic nitrogens is 1. The molecule has 0 fully saturated rings. The zero-order valence-electron chi connectivity index (χ0n) is 9.18. The van der Waals surface area contributed by atoms with E-state index < -0.39 is 0 Å². The van der Waals surface area contributed by atoms with Crippen molar-refractivity contribution < 1.29 is 4.79 Å². The second-order valence-corrected chi connectivity index (χ2v) is 5.75. The first-order valence-corrected chi connectivity index (χ1v) is 7.08. The van der Waals surface area contributed by atoms with Crippen molar-refractivity contribution in [3.8, 4) is 0 Å². The molecule has 1 heterocycles. The van der Waals surface area contributed by atoms with Gasteiger partial charge >= 0.3 is 0 Å². The lowest BCUT2D eigenvalue weighted by Gasteiger charge is -2.11. The van der Waals surface area contributed by atoms with Crippen LogP contribution in [0.5, 0.6) is 0 Å². The van der Waals surface area contributed by atoms with Crippen LogP contribution in [0, 0.1) is 3.57 Å². The highest BCUT2D eigenvalue weighted by Gasteiger charge is 2.13. The molecule has 3 nitrogen and oxygen atoms in total. The van der Waals surface area contributed by atoms with Gasteiger partial charge in [0.25, 0.3) is 5.91 Å². The fourth-order valence-electron chi connectivity index (χ4n) is 1.42. The summed E-state index contributed by atoms with van der Waals surface area (Å²) in [5.41, 5.74) is 0.681. The van der Waals surface area contributed by atoms with Gasteiger partial charge in [0.05, 0.1) is 6.04 Å². The number of benzene rings is 1. The number of nitrogens with one attached hydrogen (secondary N) is 1. The molecule has 0 radical (unpaired) electrons. The van der Waals surface area contributed by atoms with Crippen LogP contribution < -0.4 is 5.32 Å². The van der Waals surface area contributed by atoms with Crippen LogP contribution >= 0.6 is 33.9 Å². The predicted octanol–water partition coefficient (Wildman–Crippen LogP) is 3.24. The molecule has 5 heteroatoms. The molecule has 0 bridgehead atoms. The zero-order chi connectivity index (χ0) is 12.3. The van der Waals surface area contributed by atoms with E-state index in [4.69, 9.17) is 0 Å². The van der Waals surface area contributed by atoms with Crippen LogP contribution in [-0.2, 0) is 0 Å². The summed E-state index contributed by atoms with van der Waals surface area (Å²) in [7, 11) is 0. The number of thiazole rings is 1. The van der Waals surface area contributed by atoms with Crippen molar-refractivity contribution in [3.05, 3.63) is 50.0 Å². The number of carbonyl (C=O) groups is 1. The molecule has 1 atom stereocenters. The molecule has 0 aliphatic carbocycles. The molecule has 17 heavy (non-hydrogen) atoms. The summed E-state index contributed by atoms with van der Waals surface area (Å²) in [6, 6.07) is 7.46. The quantitative estimate of drug-likeness (QED) is 0.856. The Morgan fingerprint density at radius 3 is 3.00 bits per heavy atom. The molecule has 1 aromatic carbocycles. The number of amides is 1. The molecular weight excluding hydrogens is 347 g/mol. The van der Waals surface area contributed by atoms with Crippen molar-refractivity contribution in [2.24, 2.45) is 0 Å². The standard InChI is InChI=1S/C12H11IN2OS/c1-8(12-14-5-6-17-12)15-11(16)9-3-2-4-10(13)7-9/h2-8H,1H3,(H,15,16). The molecular formula is C12H11IN2OS. The molecule has 0 spiro atoms. The van der Waals surface area contributed by atoms with Crippen LogP contribution in [0.3, 0.4) is 0 Å². The van der Waals surface area contributed by atoms with E-state index in [1.54, 1.807) is 17.5 Å². The summed E-state index contributed by atoms with van der Waals surface area (Å²) in [6.07, 6.45) is 1.74. The fraction of sp³-hybridized carbons (Fsp3) is 0.167. The van der Waals surface area contributed by atoms with E-state index >= 15 is 0 Å². The maximum Gasteiger partial charge on any atom is 0.251 e. The van der Waals surface area contributed by atoms with Gasteiger partial charge in [0, 0.05) is 20.7 Å². The van der Waals surface area contributed by atoms with E-state index in [9.17, 15) is 4.79 Å². The zero-order valence-corrected chi connectivity index (χ0v) is 12.2. The van der Waals surface area contributed by atoms with Crippen molar-refractivity contribution in [2.75, 3.05) is 0 Å². The Morgan fingerprint density at radius 2 is 2.35 bits per heavy atom. The summed E-state index contributed by atoms with van der Waals surface area (Å²) in [5.74, 6) is -0.0637. The second kappa shape index (κ2) is 5.59. The molecule has 1 N–H and O–H groups in total. The van der Waals surface area contributed by atoms with Crippen LogP contribution in [0.25, 0.3) is 0 Å². The van der Waals surface area contributed by atoms with E-state index in [0.29, 0.717) is 5.56 Å². The van der Waals surface area contributed by atoms with Gasteiger partial charge in [-0.05, 0) is 47.7 Å². The molecule has 88 valence electrons. The summed E-state index contributed by atoms with van der Waals surface area (Å²) < 4.78 is 1.05. The monoisotopic (exact) mass is 358 g/mol. The van der Waals surface area contributed by atoms with Gasteiger partial charge in [-0.25, -0.2) is 4.98 Å². The average molecular weight is 358 g/mol. The summed E-state index contributed by atoms with van der Waals surface area (Å²) in [4.78, 5) is 16.1. The molecule has 0 aliphatic rings. The fourth-order valence-corrected chi connectivity index (χ4v) is 2.61. The third-order valence-corrected chi connectivity index (χ3v) is 3.89. The van der Waals surface area contributed by atoms with Crippen LogP contribution in [0.4, 0.5) is 0 Å². The Labute approximate surface area is 117 Å². The number of carbonyl (C=O) groups excluding carboxylic acids is 1. The minimum absolute atomic E-state index is 0.0552. The minimum Gasteiger partial charge on any atom is -0.343 e. The summed E-state index contributed by atoms with van der Waals surface area (Å²) in [5, 5.41) is 5.76. The van der Waals surface area contributed by atoms with Crippen LogP contribution in [-0.4, -0.2) is 10.9 Å².